The molecule has 0 aliphatic rings. The molecule has 0 spiro atoms. The molecular weight excluding hydrogens is 1670 g/mol. The van der Waals surface area contributed by atoms with E-state index < -0.39 is 48.4 Å². The van der Waals surface area contributed by atoms with Crippen LogP contribution in [-0.4, -0.2) is 42.8 Å². The predicted molar refractivity (Wildman–Crippen MR) is 615 cm³/mol. The first-order valence-electron chi connectivity index (χ1n) is 59.7. The van der Waals surface area contributed by atoms with Gasteiger partial charge in [-0.1, -0.05) is 736 Å². The highest BCUT2D eigenvalue weighted by atomic mass is 31.2. The second kappa shape index (κ2) is 81.3. The van der Waals surface area contributed by atoms with Crippen LogP contribution in [0.3, 0.4) is 0 Å². The van der Waals surface area contributed by atoms with Crippen molar-refractivity contribution < 1.29 is 0 Å². The molecule has 130 heavy (non-hydrogen) atoms. The smallest absolute Gasteiger partial charge is 0.0867 e. The van der Waals surface area contributed by atoms with Gasteiger partial charge < -0.3 is 0 Å². The Morgan fingerprint density at radius 2 is 0.254 bits per heavy atom. The quantitative estimate of drug-likeness (QED) is 0.0242. The van der Waals surface area contributed by atoms with Crippen LogP contribution in [0.1, 0.15) is 559 Å². The zero-order valence-electron chi connectivity index (χ0n) is 90.6. The standard InChI is InChI=1S/C123H227NP2Si4/c1-15-27-39-51-63-75-103-127(104-76-64-52-40-28-16-2,105-77-65-53-41-29-17-3)120-95-87-116(88-96-120)125(117-89-97-121(98-90-117)128(106-78-66-54-42-30-18-4,107-79-67-55-43-31-19-5)108-80-68-56-44-32-20-6)124(115(13)14)126(118-91-99-122(100-92-118)129(109-81-69-57-45-33-21-7,110-82-70-58-46-34-22-8)111-83-71-59-47-35-23-9)119-93-101-123(102-94-119)130(112-84-72-60-48-36-24-10,113-85-73-61-49-37-25-11)114-86-74-62-50-38-26-12/h87-102,115H,15-86,103-114H2,1-14H3. The molecule has 4 aromatic rings. The average molecular weight is 1890 g/mol. The van der Waals surface area contributed by atoms with Crippen LogP contribution in [0.4, 0.5) is 0 Å². The van der Waals surface area contributed by atoms with E-state index in [1.807, 2.05) is 20.7 Å². The average Bonchev–Trinajstić information content (AvgIpc) is 0.756. The highest BCUT2D eigenvalue weighted by molar-refractivity contribution is 7.84. The molecule has 750 valence electrons. The number of rotatable bonds is 95. The molecule has 0 unspecified atom stereocenters. The van der Waals surface area contributed by atoms with E-state index in [2.05, 4.69) is 198 Å². The summed E-state index contributed by atoms with van der Waals surface area (Å²) in [6.45, 7) is 34.3. The third-order valence-electron chi connectivity index (χ3n) is 31.9. The summed E-state index contributed by atoms with van der Waals surface area (Å²) in [6, 6.07) is 64.4. The monoisotopic (exact) mass is 1890 g/mol. The van der Waals surface area contributed by atoms with Crippen molar-refractivity contribution in [2.24, 2.45) is 0 Å². The van der Waals surface area contributed by atoms with E-state index in [1.165, 1.54) is 535 Å². The van der Waals surface area contributed by atoms with Crippen molar-refractivity contribution in [1.29, 1.82) is 0 Å². The van der Waals surface area contributed by atoms with E-state index in [0.717, 1.165) is 0 Å². The first-order valence-corrected chi connectivity index (χ1v) is 72.8. The van der Waals surface area contributed by atoms with E-state index >= 15 is 0 Å². The summed E-state index contributed by atoms with van der Waals surface area (Å²) in [7, 11) is -9.65. The lowest BCUT2D eigenvalue weighted by Crippen LogP contribution is -2.48. The van der Waals surface area contributed by atoms with Gasteiger partial charge in [0.25, 0.3) is 0 Å². The van der Waals surface area contributed by atoms with Gasteiger partial charge in [-0.2, -0.15) is 0 Å². The number of unbranched alkanes of at least 4 members (excludes halogenated alkanes) is 60. The summed E-state index contributed by atoms with van der Waals surface area (Å²) in [6.07, 6.45) is 101. The van der Waals surface area contributed by atoms with Gasteiger partial charge in [-0.15, -0.1) is 0 Å². The van der Waals surface area contributed by atoms with Crippen LogP contribution in [0, 0.1) is 0 Å². The van der Waals surface area contributed by atoms with Gasteiger partial charge in [-0.05, 0) is 35.1 Å². The second-order valence-corrected chi connectivity index (χ2v) is 66.6. The Kier molecular flexibility index (Phi) is 75.6. The Morgan fingerprint density at radius 1 is 0.154 bits per heavy atom. The number of hydrogen-bond donors (Lipinski definition) is 0. The molecule has 0 bridgehead atoms. The van der Waals surface area contributed by atoms with Crippen LogP contribution in [0.15, 0.2) is 97.1 Å². The van der Waals surface area contributed by atoms with Crippen molar-refractivity contribution in [2.45, 2.75) is 638 Å². The van der Waals surface area contributed by atoms with Crippen LogP contribution < -0.4 is 42.0 Å². The molecule has 4 aromatic carbocycles. The summed E-state index contributed by atoms with van der Waals surface area (Å²) in [5.74, 6) is 0. The van der Waals surface area contributed by atoms with Crippen LogP contribution in [0.2, 0.25) is 72.5 Å². The molecule has 4 rings (SSSR count). The van der Waals surface area contributed by atoms with Gasteiger partial charge in [0.05, 0.1) is 32.3 Å². The van der Waals surface area contributed by atoms with Crippen LogP contribution >= 0.6 is 16.1 Å². The summed E-state index contributed by atoms with van der Waals surface area (Å²) in [5.41, 5.74) is 0. The largest absolute Gasteiger partial charge is 0.242 e. The zero-order chi connectivity index (χ0) is 93.6. The summed E-state index contributed by atoms with van der Waals surface area (Å²) < 4.78 is 3.31. The molecule has 0 saturated carbocycles. The molecule has 0 atom stereocenters. The van der Waals surface area contributed by atoms with Gasteiger partial charge in [-0.25, -0.2) is 4.44 Å². The Labute approximate surface area is 823 Å². The maximum absolute atomic E-state index is 3.31. The van der Waals surface area contributed by atoms with Crippen molar-refractivity contribution >= 4 is 90.4 Å². The first kappa shape index (κ1) is 121. The molecule has 1 nitrogen and oxygen atoms in total. The van der Waals surface area contributed by atoms with Gasteiger partial charge in [0.1, 0.15) is 0 Å². The first-order chi connectivity index (χ1) is 63.9. The molecule has 7 heteroatoms. The second-order valence-electron chi connectivity index (χ2n) is 43.6. The minimum Gasteiger partial charge on any atom is -0.242 e. The molecule has 0 amide bonds. The molecule has 0 aliphatic heterocycles. The van der Waals surface area contributed by atoms with Crippen molar-refractivity contribution in [3.8, 4) is 0 Å². The molecule has 0 aliphatic carbocycles. The van der Waals surface area contributed by atoms with Gasteiger partial charge in [0.2, 0.25) is 0 Å². The SMILES string of the molecule is CCCCCCCC[Si](CCCCCCCC)(CCCCCCCC)c1ccc(P(c2ccc([Si](CCCCCCCC)(CCCCCCCC)CCCCCCCC)cc2)N(C(C)C)P(c2ccc([Si](CCCCCCCC)(CCCCCCCC)CCCCCCCC)cc2)c2ccc([Si](CCCCCCCC)(CCCCCCCC)CCCCCCCC)cc2)cc1. The zero-order valence-corrected chi connectivity index (χ0v) is 96.3. The highest BCUT2D eigenvalue weighted by Crippen LogP contribution is 2.56. The Morgan fingerprint density at radius 3 is 0.354 bits per heavy atom. The third-order valence-corrected chi connectivity index (χ3v) is 59.8. The van der Waals surface area contributed by atoms with Crippen LogP contribution in [0.25, 0.3) is 0 Å². The van der Waals surface area contributed by atoms with Crippen molar-refractivity contribution in [3.63, 3.8) is 0 Å². The normalized spacial score (nSPS) is 12.5. The molecule has 0 saturated heterocycles. The fraction of sp³-hybridized carbons (Fsp3) is 0.805. The molecule has 0 N–H and O–H groups in total. The Hall–Kier alpha value is -1.43. The molecule has 0 fully saturated rings. The minimum atomic E-state index is -1.91. The van der Waals surface area contributed by atoms with Gasteiger partial charge in [0, 0.05) is 22.2 Å². The Bertz CT molecular complexity index is 2530. The molecule has 0 heterocycles. The van der Waals surface area contributed by atoms with Crippen molar-refractivity contribution in [3.05, 3.63) is 97.1 Å². The van der Waals surface area contributed by atoms with E-state index in [0.29, 0.717) is 6.04 Å². The van der Waals surface area contributed by atoms with Gasteiger partial charge in [-0.3, -0.25) is 0 Å². The predicted octanol–water partition coefficient (Wildman–Crippen LogP) is 40.7. The summed E-state index contributed by atoms with van der Waals surface area (Å²) >= 11 is 0. The lowest BCUT2D eigenvalue weighted by Gasteiger charge is -2.43. The number of nitrogens with zero attached hydrogens (tertiary/aromatic N) is 1. The molecule has 0 radical (unpaired) electrons. The van der Waals surface area contributed by atoms with Crippen molar-refractivity contribution in [2.75, 3.05) is 0 Å². The Balaban J connectivity index is 2.33. The number of benzene rings is 4. The minimum absolute atomic E-state index is 0.322. The highest BCUT2D eigenvalue weighted by Gasteiger charge is 2.41. The fourth-order valence-electron chi connectivity index (χ4n) is 23.3. The van der Waals surface area contributed by atoms with Gasteiger partial charge in [0.15, 0.2) is 0 Å². The maximum atomic E-state index is 3.31. The summed E-state index contributed by atoms with van der Waals surface area (Å²) in [5, 5.41) is 13.9. The lowest BCUT2D eigenvalue weighted by atomic mass is 10.1. The lowest BCUT2D eigenvalue weighted by molar-refractivity contribution is 0.583. The van der Waals surface area contributed by atoms with E-state index in [-0.39, 0.29) is 0 Å². The molecular formula is C123H227NP2Si4. The fourth-order valence-corrected chi connectivity index (χ4v) is 50.5. The third kappa shape index (κ3) is 50.6. The summed E-state index contributed by atoms with van der Waals surface area (Å²) in [4.78, 5) is 0. The topological polar surface area (TPSA) is 3.24 Å². The number of hydrogen-bond acceptors (Lipinski definition) is 1. The van der Waals surface area contributed by atoms with E-state index in [4.69, 9.17) is 0 Å². The van der Waals surface area contributed by atoms with Crippen molar-refractivity contribution in [1.82, 2.24) is 4.44 Å². The van der Waals surface area contributed by atoms with Crippen LogP contribution in [0.5, 0.6) is 0 Å². The van der Waals surface area contributed by atoms with E-state index in [1.54, 1.807) is 21.2 Å². The molecule has 0 aromatic heterocycles. The van der Waals surface area contributed by atoms with Crippen LogP contribution in [-0.2, 0) is 0 Å². The van der Waals surface area contributed by atoms with E-state index in [9.17, 15) is 0 Å². The maximum Gasteiger partial charge on any atom is 0.0867 e. The van der Waals surface area contributed by atoms with Gasteiger partial charge >= 0.3 is 0 Å².